The first-order chi connectivity index (χ1) is 10.3. The van der Waals surface area contributed by atoms with Crippen molar-refractivity contribution in [1.29, 1.82) is 0 Å². The van der Waals surface area contributed by atoms with Gasteiger partial charge in [0, 0.05) is 24.1 Å². The highest BCUT2D eigenvalue weighted by atomic mass is 16.5. The fourth-order valence-electron chi connectivity index (χ4n) is 3.26. The standard InChI is InChI=1S/C19H23NO/c1-3-18(17-10-6-7-11-19(17)21-2)20-13-15-12-14-8-4-5-9-16(14)15/h4-11,15,18,20H,3,12-13H2,1-2H3. The van der Waals surface area contributed by atoms with E-state index in [9.17, 15) is 0 Å². The third kappa shape index (κ3) is 2.81. The number of ether oxygens (including phenoxy) is 1. The van der Waals surface area contributed by atoms with Gasteiger partial charge < -0.3 is 10.1 Å². The highest BCUT2D eigenvalue weighted by Crippen LogP contribution is 2.35. The normalized spacial score (nSPS) is 17.7. The monoisotopic (exact) mass is 281 g/mol. The van der Waals surface area contributed by atoms with Gasteiger partial charge in [0.15, 0.2) is 0 Å². The SMILES string of the molecule is CCC(NCC1Cc2ccccc21)c1ccccc1OC. The topological polar surface area (TPSA) is 21.3 Å². The maximum absolute atomic E-state index is 5.49. The summed E-state index contributed by atoms with van der Waals surface area (Å²) < 4.78 is 5.49. The molecule has 2 aromatic carbocycles. The van der Waals surface area contributed by atoms with Gasteiger partial charge in [-0.05, 0) is 30.0 Å². The summed E-state index contributed by atoms with van der Waals surface area (Å²) in [6.07, 6.45) is 2.26. The van der Waals surface area contributed by atoms with Gasteiger partial charge in [-0.15, -0.1) is 0 Å². The van der Waals surface area contributed by atoms with E-state index in [2.05, 4.69) is 48.6 Å². The van der Waals surface area contributed by atoms with Crippen LogP contribution in [0.3, 0.4) is 0 Å². The molecule has 0 spiro atoms. The van der Waals surface area contributed by atoms with Crippen molar-refractivity contribution in [3.8, 4) is 5.75 Å². The van der Waals surface area contributed by atoms with Gasteiger partial charge in [0.25, 0.3) is 0 Å². The van der Waals surface area contributed by atoms with Crippen LogP contribution in [0, 0.1) is 0 Å². The number of methoxy groups -OCH3 is 1. The van der Waals surface area contributed by atoms with E-state index < -0.39 is 0 Å². The van der Waals surface area contributed by atoms with E-state index in [0.717, 1.165) is 18.7 Å². The van der Waals surface area contributed by atoms with Crippen LogP contribution in [0.15, 0.2) is 48.5 Å². The van der Waals surface area contributed by atoms with Gasteiger partial charge in [0.1, 0.15) is 5.75 Å². The quantitative estimate of drug-likeness (QED) is 0.861. The van der Waals surface area contributed by atoms with Crippen molar-refractivity contribution in [3.63, 3.8) is 0 Å². The maximum Gasteiger partial charge on any atom is 0.123 e. The van der Waals surface area contributed by atoms with E-state index in [-0.39, 0.29) is 0 Å². The van der Waals surface area contributed by atoms with Gasteiger partial charge >= 0.3 is 0 Å². The molecule has 2 aromatic rings. The van der Waals surface area contributed by atoms with Crippen LogP contribution in [-0.4, -0.2) is 13.7 Å². The van der Waals surface area contributed by atoms with E-state index in [0.29, 0.717) is 12.0 Å². The Labute approximate surface area is 127 Å². The molecule has 0 heterocycles. The zero-order valence-corrected chi connectivity index (χ0v) is 12.8. The summed E-state index contributed by atoms with van der Waals surface area (Å²) >= 11 is 0. The fourth-order valence-corrected chi connectivity index (χ4v) is 3.26. The van der Waals surface area contributed by atoms with E-state index in [1.54, 1.807) is 7.11 Å². The summed E-state index contributed by atoms with van der Waals surface area (Å²) in [7, 11) is 1.74. The summed E-state index contributed by atoms with van der Waals surface area (Å²) in [5.41, 5.74) is 4.28. The number of para-hydroxylation sites is 1. The molecule has 0 amide bonds. The van der Waals surface area contributed by atoms with Crippen LogP contribution < -0.4 is 10.1 Å². The lowest BCUT2D eigenvalue weighted by Gasteiger charge is -2.32. The number of fused-ring (bicyclic) bond motifs is 1. The fraction of sp³-hybridized carbons (Fsp3) is 0.368. The molecule has 2 unspecified atom stereocenters. The van der Waals surface area contributed by atoms with E-state index in [1.807, 2.05) is 12.1 Å². The Hall–Kier alpha value is -1.80. The molecule has 1 N–H and O–H groups in total. The molecule has 2 nitrogen and oxygen atoms in total. The second-order valence-electron chi connectivity index (χ2n) is 5.71. The van der Waals surface area contributed by atoms with E-state index in [4.69, 9.17) is 4.74 Å². The van der Waals surface area contributed by atoms with Crippen LogP contribution in [0.1, 0.15) is 42.0 Å². The molecule has 2 atom stereocenters. The number of benzene rings is 2. The molecule has 0 aliphatic heterocycles. The van der Waals surface area contributed by atoms with Crippen LogP contribution in [0.5, 0.6) is 5.75 Å². The highest BCUT2D eigenvalue weighted by molar-refractivity contribution is 5.40. The van der Waals surface area contributed by atoms with Crippen LogP contribution in [0.25, 0.3) is 0 Å². The van der Waals surface area contributed by atoms with E-state index >= 15 is 0 Å². The molecule has 1 aliphatic carbocycles. The Morgan fingerprint density at radius 2 is 1.90 bits per heavy atom. The summed E-state index contributed by atoms with van der Waals surface area (Å²) in [6, 6.07) is 17.4. The Kier molecular flexibility index (Phi) is 4.26. The lowest BCUT2D eigenvalue weighted by molar-refractivity contribution is 0.392. The number of hydrogen-bond donors (Lipinski definition) is 1. The van der Waals surface area contributed by atoms with Crippen molar-refractivity contribution >= 4 is 0 Å². The van der Waals surface area contributed by atoms with Crippen LogP contribution in [0.2, 0.25) is 0 Å². The Balaban J connectivity index is 1.66. The van der Waals surface area contributed by atoms with Gasteiger partial charge in [0.05, 0.1) is 7.11 Å². The predicted molar refractivity (Wildman–Crippen MR) is 86.9 cm³/mol. The molecule has 0 aromatic heterocycles. The lowest BCUT2D eigenvalue weighted by atomic mass is 9.77. The largest absolute Gasteiger partial charge is 0.496 e. The first-order valence-electron chi connectivity index (χ1n) is 7.77. The smallest absolute Gasteiger partial charge is 0.123 e. The molecule has 0 saturated heterocycles. The maximum atomic E-state index is 5.49. The molecule has 110 valence electrons. The molecular weight excluding hydrogens is 258 g/mol. The molecule has 2 heteroatoms. The molecule has 1 aliphatic rings. The molecule has 3 rings (SSSR count). The molecule has 0 saturated carbocycles. The Morgan fingerprint density at radius 3 is 2.67 bits per heavy atom. The van der Waals surface area contributed by atoms with Gasteiger partial charge in [-0.25, -0.2) is 0 Å². The zero-order valence-electron chi connectivity index (χ0n) is 12.8. The van der Waals surface area contributed by atoms with Crippen LogP contribution in [0.4, 0.5) is 0 Å². The van der Waals surface area contributed by atoms with Crippen LogP contribution >= 0.6 is 0 Å². The van der Waals surface area contributed by atoms with Gasteiger partial charge in [0.2, 0.25) is 0 Å². The summed E-state index contributed by atoms with van der Waals surface area (Å²) in [5, 5.41) is 3.72. The van der Waals surface area contributed by atoms with E-state index in [1.165, 1.54) is 23.1 Å². The van der Waals surface area contributed by atoms with Crippen molar-refractivity contribution in [1.82, 2.24) is 5.32 Å². The summed E-state index contributed by atoms with van der Waals surface area (Å²) in [6.45, 7) is 3.26. The third-order valence-corrected chi connectivity index (χ3v) is 4.49. The van der Waals surface area contributed by atoms with Crippen molar-refractivity contribution in [2.75, 3.05) is 13.7 Å². The number of rotatable bonds is 6. The zero-order chi connectivity index (χ0) is 14.7. The Morgan fingerprint density at radius 1 is 1.14 bits per heavy atom. The van der Waals surface area contributed by atoms with Gasteiger partial charge in [-0.2, -0.15) is 0 Å². The molecule has 0 bridgehead atoms. The molecule has 0 fully saturated rings. The first-order valence-corrected chi connectivity index (χ1v) is 7.77. The molecular formula is C19H23NO. The number of hydrogen-bond acceptors (Lipinski definition) is 2. The predicted octanol–water partition coefficient (Wildman–Crippen LogP) is 4.08. The van der Waals surface area contributed by atoms with Crippen molar-refractivity contribution in [2.45, 2.75) is 31.7 Å². The first kappa shape index (κ1) is 14.2. The molecule has 21 heavy (non-hydrogen) atoms. The van der Waals surface area contributed by atoms with Crippen molar-refractivity contribution < 1.29 is 4.74 Å². The minimum absolute atomic E-state index is 0.355. The average Bonchev–Trinajstić information content (AvgIpc) is 2.52. The summed E-state index contributed by atoms with van der Waals surface area (Å²) in [4.78, 5) is 0. The van der Waals surface area contributed by atoms with Gasteiger partial charge in [-0.1, -0.05) is 49.4 Å². The van der Waals surface area contributed by atoms with Gasteiger partial charge in [-0.3, -0.25) is 0 Å². The van der Waals surface area contributed by atoms with Crippen LogP contribution in [-0.2, 0) is 6.42 Å². The molecule has 0 radical (unpaired) electrons. The Bertz CT molecular complexity index is 608. The highest BCUT2D eigenvalue weighted by Gasteiger charge is 2.26. The second kappa shape index (κ2) is 6.31. The van der Waals surface area contributed by atoms with Crippen molar-refractivity contribution in [3.05, 3.63) is 65.2 Å². The summed E-state index contributed by atoms with van der Waals surface area (Å²) in [5.74, 6) is 1.64. The average molecular weight is 281 g/mol. The lowest BCUT2D eigenvalue weighted by Crippen LogP contribution is -2.31. The third-order valence-electron chi connectivity index (χ3n) is 4.49. The second-order valence-corrected chi connectivity index (χ2v) is 5.71. The minimum atomic E-state index is 0.355. The van der Waals surface area contributed by atoms with Crippen molar-refractivity contribution in [2.24, 2.45) is 0 Å². The minimum Gasteiger partial charge on any atom is -0.496 e. The number of nitrogens with one attached hydrogen (secondary N) is 1.